The Kier molecular flexibility index (Phi) is 4.03. The molecule has 1 fully saturated rings. The molecule has 0 spiro atoms. The number of hydrogen-bond donors (Lipinski definition) is 2. The molecule has 1 heterocycles. The number of likely N-dealkylation sites (tertiary alicyclic amines) is 1. The van der Waals surface area contributed by atoms with Crippen molar-refractivity contribution >= 4 is 12.1 Å². The third-order valence-electron chi connectivity index (χ3n) is 2.02. The number of nitrogens with zero attached hydrogens (tertiary/aromatic N) is 1. The highest BCUT2D eigenvalue weighted by Gasteiger charge is 2.16. The van der Waals surface area contributed by atoms with Crippen molar-refractivity contribution in [1.82, 2.24) is 10.2 Å². The fourth-order valence-electron chi connectivity index (χ4n) is 1.34. The molecule has 0 aromatic rings. The maximum absolute atomic E-state index is 11.3. The second kappa shape index (κ2) is 5.31. The van der Waals surface area contributed by atoms with Gasteiger partial charge in [-0.05, 0) is 12.8 Å². The van der Waals surface area contributed by atoms with Gasteiger partial charge in [-0.1, -0.05) is 0 Å². The van der Waals surface area contributed by atoms with E-state index in [1.165, 1.54) is 0 Å². The van der Waals surface area contributed by atoms with Gasteiger partial charge < -0.3 is 20.7 Å². The van der Waals surface area contributed by atoms with Crippen LogP contribution in [-0.2, 0) is 4.74 Å². The molecule has 3 amide bonds. The molecule has 0 aromatic carbocycles. The first kappa shape index (κ1) is 10.6. The second-order valence-electron chi connectivity index (χ2n) is 3.09. The van der Waals surface area contributed by atoms with Gasteiger partial charge in [-0.3, -0.25) is 0 Å². The van der Waals surface area contributed by atoms with Crippen LogP contribution in [0.25, 0.3) is 0 Å². The lowest BCUT2D eigenvalue weighted by atomic mass is 10.4. The molecule has 0 saturated carbocycles. The Bertz CT molecular complexity index is 214. The van der Waals surface area contributed by atoms with Gasteiger partial charge in [0.15, 0.2) is 0 Å². The van der Waals surface area contributed by atoms with E-state index < -0.39 is 6.09 Å². The van der Waals surface area contributed by atoms with Crippen molar-refractivity contribution in [2.45, 2.75) is 12.8 Å². The molecular weight excluding hydrogens is 186 g/mol. The SMILES string of the molecule is NC(=O)OCCNC(=O)N1CCCC1. The van der Waals surface area contributed by atoms with Gasteiger partial charge in [-0.2, -0.15) is 0 Å². The van der Waals surface area contributed by atoms with Crippen LogP contribution in [0.4, 0.5) is 9.59 Å². The minimum Gasteiger partial charge on any atom is -0.448 e. The van der Waals surface area contributed by atoms with Gasteiger partial charge in [0, 0.05) is 13.1 Å². The van der Waals surface area contributed by atoms with Crippen molar-refractivity contribution in [3.8, 4) is 0 Å². The highest BCUT2D eigenvalue weighted by atomic mass is 16.5. The number of amides is 3. The summed E-state index contributed by atoms with van der Waals surface area (Å²) in [7, 11) is 0. The summed E-state index contributed by atoms with van der Waals surface area (Å²) in [5, 5.41) is 2.63. The topological polar surface area (TPSA) is 84.7 Å². The lowest BCUT2D eigenvalue weighted by molar-refractivity contribution is 0.155. The van der Waals surface area contributed by atoms with Crippen molar-refractivity contribution in [1.29, 1.82) is 0 Å². The van der Waals surface area contributed by atoms with Crippen LogP contribution >= 0.6 is 0 Å². The number of primary amides is 1. The fourth-order valence-corrected chi connectivity index (χ4v) is 1.34. The van der Waals surface area contributed by atoms with Crippen LogP contribution in [0.1, 0.15) is 12.8 Å². The van der Waals surface area contributed by atoms with Crippen molar-refractivity contribution in [3.63, 3.8) is 0 Å². The van der Waals surface area contributed by atoms with E-state index in [-0.39, 0.29) is 12.6 Å². The quantitative estimate of drug-likeness (QED) is 0.624. The van der Waals surface area contributed by atoms with Gasteiger partial charge in [-0.25, -0.2) is 9.59 Å². The number of carbonyl (C=O) groups is 2. The molecule has 1 aliphatic rings. The molecule has 1 rings (SSSR count). The van der Waals surface area contributed by atoms with Gasteiger partial charge in [0.2, 0.25) is 0 Å². The molecule has 14 heavy (non-hydrogen) atoms. The average molecular weight is 201 g/mol. The van der Waals surface area contributed by atoms with E-state index in [0.29, 0.717) is 6.54 Å². The molecule has 6 nitrogen and oxygen atoms in total. The Labute approximate surface area is 82.4 Å². The first-order chi connectivity index (χ1) is 6.70. The molecule has 0 radical (unpaired) electrons. The third-order valence-corrected chi connectivity index (χ3v) is 2.02. The molecule has 3 N–H and O–H groups in total. The predicted octanol–water partition coefficient (Wildman–Crippen LogP) is -0.113. The Morgan fingerprint density at radius 3 is 2.57 bits per heavy atom. The van der Waals surface area contributed by atoms with Crippen LogP contribution in [0, 0.1) is 0 Å². The number of rotatable bonds is 3. The van der Waals surface area contributed by atoms with Gasteiger partial charge >= 0.3 is 12.1 Å². The van der Waals surface area contributed by atoms with Crippen molar-refractivity contribution < 1.29 is 14.3 Å². The molecule has 1 saturated heterocycles. The van der Waals surface area contributed by atoms with E-state index in [2.05, 4.69) is 10.1 Å². The maximum Gasteiger partial charge on any atom is 0.404 e. The highest BCUT2D eigenvalue weighted by molar-refractivity contribution is 5.74. The molecular formula is C8H15N3O3. The summed E-state index contributed by atoms with van der Waals surface area (Å²) in [6.07, 6.45) is 1.30. The van der Waals surface area contributed by atoms with E-state index in [1.54, 1.807) is 4.90 Å². The largest absolute Gasteiger partial charge is 0.448 e. The second-order valence-corrected chi connectivity index (χ2v) is 3.09. The average Bonchev–Trinajstić information content (AvgIpc) is 2.64. The zero-order valence-corrected chi connectivity index (χ0v) is 7.99. The van der Waals surface area contributed by atoms with Crippen LogP contribution in [0.2, 0.25) is 0 Å². The lowest BCUT2D eigenvalue weighted by Gasteiger charge is -2.15. The van der Waals surface area contributed by atoms with E-state index in [4.69, 9.17) is 5.73 Å². The Morgan fingerprint density at radius 1 is 1.36 bits per heavy atom. The normalized spacial score (nSPS) is 15.3. The van der Waals surface area contributed by atoms with E-state index in [9.17, 15) is 9.59 Å². The molecule has 80 valence electrons. The van der Waals surface area contributed by atoms with Crippen molar-refractivity contribution in [2.24, 2.45) is 5.73 Å². The zero-order valence-electron chi connectivity index (χ0n) is 7.99. The van der Waals surface area contributed by atoms with Crippen LogP contribution < -0.4 is 11.1 Å². The monoisotopic (exact) mass is 201 g/mol. The minimum absolute atomic E-state index is 0.101. The van der Waals surface area contributed by atoms with Gasteiger partial charge in [0.25, 0.3) is 0 Å². The predicted molar refractivity (Wildman–Crippen MR) is 49.7 cm³/mol. The van der Waals surface area contributed by atoms with Crippen molar-refractivity contribution in [2.75, 3.05) is 26.2 Å². The summed E-state index contributed by atoms with van der Waals surface area (Å²) in [6, 6.07) is -0.101. The number of urea groups is 1. The lowest BCUT2D eigenvalue weighted by Crippen LogP contribution is -2.39. The summed E-state index contributed by atoms with van der Waals surface area (Å²) in [6.45, 7) is 2.04. The summed E-state index contributed by atoms with van der Waals surface area (Å²) in [4.78, 5) is 23.3. The third kappa shape index (κ3) is 3.51. The molecule has 0 aliphatic carbocycles. The van der Waals surface area contributed by atoms with Gasteiger partial charge in [0.1, 0.15) is 6.61 Å². The first-order valence-corrected chi connectivity index (χ1v) is 4.65. The number of ether oxygens (including phenoxy) is 1. The van der Waals surface area contributed by atoms with E-state index in [1.807, 2.05) is 0 Å². The van der Waals surface area contributed by atoms with E-state index in [0.717, 1.165) is 25.9 Å². The van der Waals surface area contributed by atoms with Gasteiger partial charge in [0.05, 0.1) is 6.54 Å². The number of carbonyl (C=O) groups excluding carboxylic acids is 2. The molecule has 0 unspecified atom stereocenters. The number of nitrogens with two attached hydrogens (primary N) is 1. The smallest absolute Gasteiger partial charge is 0.404 e. The van der Waals surface area contributed by atoms with Crippen molar-refractivity contribution in [3.05, 3.63) is 0 Å². The Balaban J connectivity index is 2.05. The summed E-state index contributed by atoms with van der Waals surface area (Å²) in [5.74, 6) is 0. The van der Waals surface area contributed by atoms with E-state index >= 15 is 0 Å². The number of nitrogens with one attached hydrogen (secondary N) is 1. The highest BCUT2D eigenvalue weighted by Crippen LogP contribution is 2.06. The molecule has 1 aliphatic heterocycles. The summed E-state index contributed by atoms with van der Waals surface area (Å²) >= 11 is 0. The molecule has 0 atom stereocenters. The van der Waals surface area contributed by atoms with Crippen LogP contribution in [0.15, 0.2) is 0 Å². The van der Waals surface area contributed by atoms with Crippen LogP contribution in [-0.4, -0.2) is 43.3 Å². The first-order valence-electron chi connectivity index (χ1n) is 4.65. The van der Waals surface area contributed by atoms with Crippen LogP contribution in [0.3, 0.4) is 0 Å². The van der Waals surface area contributed by atoms with Crippen LogP contribution in [0.5, 0.6) is 0 Å². The summed E-state index contributed by atoms with van der Waals surface area (Å²) < 4.78 is 4.46. The standard InChI is InChI=1S/C8H15N3O3/c9-7(12)14-6-3-10-8(13)11-4-1-2-5-11/h1-6H2,(H2,9,12)(H,10,13). The molecule has 0 bridgehead atoms. The summed E-state index contributed by atoms with van der Waals surface area (Å²) in [5.41, 5.74) is 4.75. The molecule has 6 heteroatoms. The van der Waals surface area contributed by atoms with Gasteiger partial charge in [-0.15, -0.1) is 0 Å². The fraction of sp³-hybridized carbons (Fsp3) is 0.750. The zero-order chi connectivity index (χ0) is 10.4. The Hall–Kier alpha value is -1.46. The Morgan fingerprint density at radius 2 is 2.00 bits per heavy atom. The number of hydrogen-bond acceptors (Lipinski definition) is 3. The maximum atomic E-state index is 11.3. The molecule has 0 aromatic heterocycles. The minimum atomic E-state index is -0.819.